The number of rotatable bonds is 4. The Labute approximate surface area is 118 Å². The molecule has 2 rings (SSSR count). The largest absolute Gasteiger partial charge is 0.347 e. The number of benzene rings is 1. The van der Waals surface area contributed by atoms with Crippen LogP contribution in [0.1, 0.15) is 33.1 Å². The van der Waals surface area contributed by atoms with E-state index in [4.69, 9.17) is 4.52 Å². The molecule has 1 aromatic heterocycles. The lowest BCUT2D eigenvalue weighted by Crippen LogP contribution is -2.27. The number of nitrogens with zero attached hydrogens (tertiary/aromatic N) is 2. The van der Waals surface area contributed by atoms with Crippen molar-refractivity contribution in [2.24, 2.45) is 5.41 Å². The highest BCUT2D eigenvalue weighted by Gasteiger charge is 2.16. The molecular formula is C15H19N3O2. The van der Waals surface area contributed by atoms with Crippen LogP contribution in [-0.4, -0.2) is 16.0 Å². The zero-order chi connectivity index (χ0) is 14.6. The van der Waals surface area contributed by atoms with Gasteiger partial charge in [-0.25, -0.2) is 0 Å². The molecule has 0 atom stereocenters. The monoisotopic (exact) mass is 273 g/mol. The predicted molar refractivity (Wildman–Crippen MR) is 75.7 cm³/mol. The SMILES string of the molecule is CC(C)(C)CC(=O)NCc1nc(-c2ccccc2)no1. The highest BCUT2D eigenvalue weighted by molar-refractivity contribution is 5.76. The lowest BCUT2D eigenvalue weighted by Gasteiger charge is -2.16. The van der Waals surface area contributed by atoms with Crippen LogP contribution in [0.15, 0.2) is 34.9 Å². The molecule has 0 radical (unpaired) electrons. The van der Waals surface area contributed by atoms with E-state index in [-0.39, 0.29) is 17.9 Å². The minimum absolute atomic E-state index is 0.0167. The van der Waals surface area contributed by atoms with Gasteiger partial charge in [-0.1, -0.05) is 56.3 Å². The Bertz CT molecular complexity index is 570. The highest BCUT2D eigenvalue weighted by Crippen LogP contribution is 2.18. The van der Waals surface area contributed by atoms with Gasteiger partial charge in [-0.3, -0.25) is 4.79 Å². The number of carbonyl (C=O) groups excluding carboxylic acids is 1. The molecule has 1 aromatic carbocycles. The average molecular weight is 273 g/mol. The zero-order valence-electron chi connectivity index (χ0n) is 12.0. The van der Waals surface area contributed by atoms with Gasteiger partial charge in [0, 0.05) is 12.0 Å². The molecule has 5 nitrogen and oxygen atoms in total. The van der Waals surface area contributed by atoms with Crippen LogP contribution >= 0.6 is 0 Å². The molecule has 0 fully saturated rings. The first-order valence-electron chi connectivity index (χ1n) is 6.59. The second-order valence-electron chi connectivity index (χ2n) is 5.89. The molecule has 0 bridgehead atoms. The fourth-order valence-corrected chi connectivity index (χ4v) is 1.75. The van der Waals surface area contributed by atoms with Crippen molar-refractivity contribution >= 4 is 5.91 Å². The van der Waals surface area contributed by atoms with Crippen LogP contribution in [0, 0.1) is 5.41 Å². The van der Waals surface area contributed by atoms with Crippen LogP contribution in [0.5, 0.6) is 0 Å². The third-order valence-electron chi connectivity index (χ3n) is 2.63. The molecule has 2 aromatic rings. The number of hydrogen-bond acceptors (Lipinski definition) is 4. The zero-order valence-corrected chi connectivity index (χ0v) is 12.0. The molecule has 106 valence electrons. The first-order valence-corrected chi connectivity index (χ1v) is 6.59. The Kier molecular flexibility index (Phi) is 4.17. The van der Waals surface area contributed by atoms with Gasteiger partial charge in [-0.05, 0) is 5.41 Å². The van der Waals surface area contributed by atoms with Crippen molar-refractivity contribution in [1.29, 1.82) is 0 Å². The number of carbonyl (C=O) groups is 1. The third-order valence-corrected chi connectivity index (χ3v) is 2.63. The fraction of sp³-hybridized carbons (Fsp3) is 0.400. The summed E-state index contributed by atoms with van der Waals surface area (Å²) in [7, 11) is 0. The minimum atomic E-state index is -0.0336. The molecule has 0 aliphatic carbocycles. The van der Waals surface area contributed by atoms with Crippen molar-refractivity contribution < 1.29 is 9.32 Å². The summed E-state index contributed by atoms with van der Waals surface area (Å²) in [5, 5.41) is 6.69. The van der Waals surface area contributed by atoms with Crippen LogP contribution < -0.4 is 5.32 Å². The molecule has 1 heterocycles. The van der Waals surface area contributed by atoms with Gasteiger partial charge in [-0.15, -0.1) is 0 Å². The summed E-state index contributed by atoms with van der Waals surface area (Å²) in [6.07, 6.45) is 0.465. The standard InChI is InChI=1S/C15H19N3O2/c1-15(2,3)9-12(19)16-10-13-17-14(18-20-13)11-7-5-4-6-8-11/h4-8H,9-10H2,1-3H3,(H,16,19). The van der Waals surface area contributed by atoms with Crippen LogP contribution in [-0.2, 0) is 11.3 Å². The molecule has 1 N–H and O–H groups in total. The first kappa shape index (κ1) is 14.2. The van der Waals surface area contributed by atoms with E-state index in [1.54, 1.807) is 0 Å². The summed E-state index contributed by atoms with van der Waals surface area (Å²) in [5.41, 5.74) is 0.859. The maximum Gasteiger partial charge on any atom is 0.246 e. The van der Waals surface area contributed by atoms with E-state index in [9.17, 15) is 4.79 Å². The number of nitrogens with one attached hydrogen (secondary N) is 1. The molecule has 0 spiro atoms. The summed E-state index contributed by atoms with van der Waals surface area (Å²) in [6.45, 7) is 6.32. The predicted octanol–water partition coefficient (Wildman–Crippen LogP) is 2.79. The Morgan fingerprint density at radius 3 is 2.60 bits per heavy atom. The van der Waals surface area contributed by atoms with Gasteiger partial charge in [0.25, 0.3) is 0 Å². The van der Waals surface area contributed by atoms with Crippen LogP contribution in [0.3, 0.4) is 0 Å². The normalized spacial score (nSPS) is 11.3. The smallest absolute Gasteiger partial charge is 0.246 e. The molecule has 0 aliphatic heterocycles. The first-order chi connectivity index (χ1) is 9.44. The summed E-state index contributed by atoms with van der Waals surface area (Å²) in [4.78, 5) is 16.0. The second-order valence-corrected chi connectivity index (χ2v) is 5.89. The Balaban J connectivity index is 1.92. The Hall–Kier alpha value is -2.17. The highest BCUT2D eigenvalue weighted by atomic mass is 16.5. The van der Waals surface area contributed by atoms with Gasteiger partial charge in [0.15, 0.2) is 0 Å². The van der Waals surface area contributed by atoms with E-state index in [0.29, 0.717) is 18.1 Å². The summed E-state index contributed by atoms with van der Waals surface area (Å²) in [5.74, 6) is 0.925. The van der Waals surface area contributed by atoms with Crippen molar-refractivity contribution in [3.8, 4) is 11.4 Å². The second kappa shape index (κ2) is 5.86. The quantitative estimate of drug-likeness (QED) is 0.930. The van der Waals surface area contributed by atoms with Gasteiger partial charge in [-0.2, -0.15) is 4.98 Å². The minimum Gasteiger partial charge on any atom is -0.347 e. The van der Waals surface area contributed by atoms with Crippen LogP contribution in [0.2, 0.25) is 0 Å². The maximum absolute atomic E-state index is 11.7. The fourth-order valence-electron chi connectivity index (χ4n) is 1.75. The van der Waals surface area contributed by atoms with Crippen molar-refractivity contribution in [3.05, 3.63) is 36.2 Å². The van der Waals surface area contributed by atoms with Gasteiger partial charge in [0.2, 0.25) is 17.6 Å². The van der Waals surface area contributed by atoms with Crippen molar-refractivity contribution in [1.82, 2.24) is 15.5 Å². The molecule has 0 aliphatic rings. The average Bonchev–Trinajstić information content (AvgIpc) is 2.84. The number of hydrogen-bond donors (Lipinski definition) is 1. The summed E-state index contributed by atoms with van der Waals surface area (Å²) < 4.78 is 5.12. The third kappa shape index (κ3) is 4.19. The van der Waals surface area contributed by atoms with Gasteiger partial charge >= 0.3 is 0 Å². The number of amides is 1. The van der Waals surface area contributed by atoms with E-state index in [2.05, 4.69) is 15.5 Å². The maximum atomic E-state index is 11.7. The van der Waals surface area contributed by atoms with Crippen LogP contribution in [0.4, 0.5) is 0 Å². The topological polar surface area (TPSA) is 68.0 Å². The van der Waals surface area contributed by atoms with Crippen molar-refractivity contribution in [2.75, 3.05) is 0 Å². The summed E-state index contributed by atoms with van der Waals surface area (Å²) >= 11 is 0. The van der Waals surface area contributed by atoms with Crippen molar-refractivity contribution in [2.45, 2.75) is 33.7 Å². The molecular weight excluding hydrogens is 254 g/mol. The lowest BCUT2D eigenvalue weighted by molar-refractivity contribution is -0.123. The molecule has 0 saturated carbocycles. The van der Waals surface area contributed by atoms with E-state index >= 15 is 0 Å². The lowest BCUT2D eigenvalue weighted by atomic mass is 9.92. The Morgan fingerprint density at radius 1 is 1.25 bits per heavy atom. The van der Waals surface area contributed by atoms with Crippen LogP contribution in [0.25, 0.3) is 11.4 Å². The van der Waals surface area contributed by atoms with Crippen molar-refractivity contribution in [3.63, 3.8) is 0 Å². The molecule has 20 heavy (non-hydrogen) atoms. The molecule has 5 heteroatoms. The van der Waals surface area contributed by atoms with Gasteiger partial charge < -0.3 is 9.84 Å². The molecule has 1 amide bonds. The van der Waals surface area contributed by atoms with E-state index < -0.39 is 0 Å². The van der Waals surface area contributed by atoms with E-state index in [1.165, 1.54) is 0 Å². The molecule has 0 unspecified atom stereocenters. The number of aromatic nitrogens is 2. The summed E-state index contributed by atoms with van der Waals surface area (Å²) in [6, 6.07) is 9.57. The van der Waals surface area contributed by atoms with Gasteiger partial charge in [0.05, 0.1) is 6.54 Å². The van der Waals surface area contributed by atoms with E-state index in [1.807, 2.05) is 51.1 Å². The van der Waals surface area contributed by atoms with Gasteiger partial charge in [0.1, 0.15) is 0 Å². The Morgan fingerprint density at radius 2 is 1.95 bits per heavy atom. The van der Waals surface area contributed by atoms with E-state index in [0.717, 1.165) is 5.56 Å². The molecule has 0 saturated heterocycles.